The van der Waals surface area contributed by atoms with Crippen molar-refractivity contribution in [2.45, 2.75) is 0 Å². The van der Waals surface area contributed by atoms with Gasteiger partial charge in [-0.25, -0.2) is 0 Å². The number of carbonyl (C=O) groups is 1. The van der Waals surface area contributed by atoms with E-state index in [0.717, 1.165) is 12.1 Å². The number of anilines is 1. The van der Waals surface area contributed by atoms with Crippen LogP contribution in [0.2, 0.25) is 0 Å². The van der Waals surface area contributed by atoms with Crippen LogP contribution < -0.4 is 5.32 Å². The van der Waals surface area contributed by atoms with Crippen molar-refractivity contribution in [2.24, 2.45) is 0 Å². The van der Waals surface area contributed by atoms with Crippen molar-refractivity contribution in [1.82, 2.24) is 0 Å². The van der Waals surface area contributed by atoms with E-state index in [0.29, 0.717) is 5.69 Å². The molecule has 25 heavy (non-hydrogen) atoms. The highest BCUT2D eigenvalue weighted by atomic mass is 79.9. The molecule has 0 saturated carbocycles. The van der Waals surface area contributed by atoms with Crippen LogP contribution in [0.25, 0.3) is 6.08 Å². The van der Waals surface area contributed by atoms with Gasteiger partial charge in [-0.3, -0.25) is 14.9 Å². The third kappa shape index (κ3) is 4.33. The molecule has 0 spiro atoms. The van der Waals surface area contributed by atoms with E-state index in [9.17, 15) is 25.1 Å². The lowest BCUT2D eigenvalue weighted by atomic mass is 10.1. The number of phenolic OH excluding ortho intramolecular Hbond substituents is 2. The molecule has 2 aromatic rings. The first kappa shape index (κ1) is 18.0. The molecule has 0 aromatic heterocycles. The molecule has 0 aliphatic carbocycles. The van der Waals surface area contributed by atoms with Crippen molar-refractivity contribution in [3.8, 4) is 17.6 Å². The maximum absolute atomic E-state index is 12.1. The number of aromatic hydroxyl groups is 2. The van der Waals surface area contributed by atoms with Crippen LogP contribution in [0.4, 0.5) is 11.4 Å². The van der Waals surface area contributed by atoms with Crippen molar-refractivity contribution in [1.29, 1.82) is 5.26 Å². The van der Waals surface area contributed by atoms with Gasteiger partial charge in [0, 0.05) is 11.8 Å². The first-order valence-electron chi connectivity index (χ1n) is 6.71. The Morgan fingerprint density at radius 3 is 2.48 bits per heavy atom. The summed E-state index contributed by atoms with van der Waals surface area (Å²) in [6, 6.07) is 9.74. The third-order valence-electron chi connectivity index (χ3n) is 3.06. The number of nitrogens with one attached hydrogen (secondary N) is 1. The first-order chi connectivity index (χ1) is 11.8. The minimum absolute atomic E-state index is 0.0234. The van der Waals surface area contributed by atoms with Gasteiger partial charge in [-0.2, -0.15) is 5.26 Å². The molecule has 0 aliphatic rings. The highest BCUT2D eigenvalue weighted by molar-refractivity contribution is 9.10. The summed E-state index contributed by atoms with van der Waals surface area (Å²) >= 11 is 2.98. The molecule has 2 aromatic carbocycles. The van der Waals surface area contributed by atoms with Gasteiger partial charge in [0.2, 0.25) is 5.75 Å². The summed E-state index contributed by atoms with van der Waals surface area (Å²) in [7, 11) is 0. The molecule has 2 rings (SSSR count). The number of phenols is 2. The van der Waals surface area contributed by atoms with Crippen molar-refractivity contribution in [2.75, 3.05) is 5.32 Å². The molecule has 3 N–H and O–H groups in total. The Hall–Kier alpha value is -3.38. The lowest BCUT2D eigenvalue weighted by Gasteiger charge is -2.05. The van der Waals surface area contributed by atoms with Crippen LogP contribution >= 0.6 is 15.9 Å². The van der Waals surface area contributed by atoms with E-state index >= 15 is 0 Å². The Kier molecular flexibility index (Phi) is 5.36. The maximum atomic E-state index is 12.1. The number of nitro benzene ring substituents is 1. The van der Waals surface area contributed by atoms with E-state index in [1.165, 1.54) is 30.3 Å². The monoisotopic (exact) mass is 403 g/mol. The number of carbonyl (C=O) groups excluding carboxylic acids is 1. The normalized spacial score (nSPS) is 10.8. The van der Waals surface area contributed by atoms with Gasteiger partial charge in [0.15, 0.2) is 0 Å². The van der Waals surface area contributed by atoms with Gasteiger partial charge in [0.05, 0.1) is 9.40 Å². The second kappa shape index (κ2) is 7.46. The Morgan fingerprint density at radius 2 is 1.92 bits per heavy atom. The Morgan fingerprint density at radius 1 is 1.28 bits per heavy atom. The maximum Gasteiger partial charge on any atom is 0.312 e. The molecule has 0 heterocycles. The van der Waals surface area contributed by atoms with E-state index in [1.54, 1.807) is 6.07 Å². The Bertz CT molecular complexity index is 917. The number of hydrogen-bond donors (Lipinski definition) is 3. The fourth-order valence-corrected chi connectivity index (χ4v) is 2.35. The van der Waals surface area contributed by atoms with Crippen LogP contribution in [0, 0.1) is 21.4 Å². The highest BCUT2D eigenvalue weighted by Gasteiger charge is 2.18. The average Bonchev–Trinajstić information content (AvgIpc) is 2.57. The topological polar surface area (TPSA) is 136 Å². The highest BCUT2D eigenvalue weighted by Crippen LogP contribution is 2.35. The largest absolute Gasteiger partial charge is 0.508 e. The fourth-order valence-electron chi connectivity index (χ4n) is 1.89. The van der Waals surface area contributed by atoms with Gasteiger partial charge in [-0.15, -0.1) is 0 Å². The molecule has 1 amide bonds. The van der Waals surface area contributed by atoms with Crippen LogP contribution in [0.5, 0.6) is 11.5 Å². The van der Waals surface area contributed by atoms with Crippen LogP contribution in [-0.2, 0) is 4.79 Å². The summed E-state index contributed by atoms with van der Waals surface area (Å²) in [6.45, 7) is 0. The van der Waals surface area contributed by atoms with E-state index in [1.807, 2.05) is 0 Å². The molecule has 0 saturated heterocycles. The lowest BCUT2D eigenvalue weighted by Crippen LogP contribution is -2.13. The SMILES string of the molecule is N#C/C(=C/c1cc(Br)c(O)c([N+](=O)[O-])c1)C(=O)Nc1ccc(O)cc1. The second-order valence-corrected chi connectivity index (χ2v) is 5.65. The van der Waals surface area contributed by atoms with Crippen LogP contribution in [0.3, 0.4) is 0 Å². The van der Waals surface area contributed by atoms with Crippen molar-refractivity contribution >= 4 is 39.3 Å². The number of nitro groups is 1. The molecule has 0 atom stereocenters. The first-order valence-corrected chi connectivity index (χ1v) is 7.50. The summed E-state index contributed by atoms with van der Waals surface area (Å²) in [6.07, 6.45) is 1.16. The molecule has 0 fully saturated rings. The molecule has 126 valence electrons. The minimum Gasteiger partial charge on any atom is -0.508 e. The number of nitrogens with zero attached hydrogens (tertiary/aromatic N) is 2. The van der Waals surface area contributed by atoms with Gasteiger partial charge >= 0.3 is 5.69 Å². The molecule has 0 unspecified atom stereocenters. The van der Waals surface area contributed by atoms with Gasteiger partial charge in [-0.05, 0) is 57.9 Å². The van der Waals surface area contributed by atoms with Crippen LogP contribution in [-0.4, -0.2) is 21.0 Å². The lowest BCUT2D eigenvalue weighted by molar-refractivity contribution is -0.386. The quantitative estimate of drug-likeness (QED) is 0.235. The predicted octanol–water partition coefficient (Wildman–Crippen LogP) is 3.31. The summed E-state index contributed by atoms with van der Waals surface area (Å²) in [5.41, 5.74) is -0.299. The standard InChI is InChI=1S/C16H10BrN3O5/c17-13-6-9(7-14(15(13)22)20(24)25)5-10(8-18)16(23)19-11-1-3-12(21)4-2-11/h1-7,21-22H,(H,19,23)/b10-5-. The van der Waals surface area contributed by atoms with Crippen LogP contribution in [0.15, 0.2) is 46.4 Å². The molecule has 0 radical (unpaired) electrons. The van der Waals surface area contributed by atoms with Crippen LogP contribution in [0.1, 0.15) is 5.56 Å². The average molecular weight is 404 g/mol. The van der Waals surface area contributed by atoms with Gasteiger partial charge in [0.1, 0.15) is 17.4 Å². The summed E-state index contributed by atoms with van der Waals surface area (Å²) in [4.78, 5) is 22.3. The van der Waals surface area contributed by atoms with Gasteiger partial charge < -0.3 is 15.5 Å². The molecule has 9 heteroatoms. The van der Waals surface area contributed by atoms with Gasteiger partial charge in [-0.1, -0.05) is 0 Å². The second-order valence-electron chi connectivity index (χ2n) is 4.80. The van der Waals surface area contributed by atoms with E-state index in [-0.39, 0.29) is 21.4 Å². The Balaban J connectivity index is 2.34. The van der Waals surface area contributed by atoms with Gasteiger partial charge in [0.25, 0.3) is 5.91 Å². The number of rotatable bonds is 4. The van der Waals surface area contributed by atoms with Crippen molar-refractivity contribution in [3.05, 3.63) is 62.1 Å². The van der Waals surface area contributed by atoms with E-state index < -0.39 is 22.3 Å². The number of benzene rings is 2. The Labute approximate surface area is 149 Å². The number of halogens is 1. The molecule has 0 aliphatic heterocycles. The smallest absolute Gasteiger partial charge is 0.312 e. The zero-order valence-electron chi connectivity index (χ0n) is 12.4. The molecule has 0 bridgehead atoms. The summed E-state index contributed by atoms with van der Waals surface area (Å²) in [5, 5.41) is 41.4. The number of hydrogen-bond acceptors (Lipinski definition) is 6. The van der Waals surface area contributed by atoms with Crippen molar-refractivity contribution in [3.63, 3.8) is 0 Å². The minimum atomic E-state index is -0.778. The van der Waals surface area contributed by atoms with E-state index in [2.05, 4.69) is 21.2 Å². The zero-order valence-corrected chi connectivity index (χ0v) is 14.0. The number of amides is 1. The molecular weight excluding hydrogens is 394 g/mol. The molecular formula is C16H10BrN3O5. The summed E-state index contributed by atoms with van der Waals surface area (Å²) in [5.74, 6) is -1.25. The number of nitriles is 1. The van der Waals surface area contributed by atoms with Crippen molar-refractivity contribution < 1.29 is 19.9 Å². The zero-order chi connectivity index (χ0) is 18.6. The van der Waals surface area contributed by atoms with E-state index in [4.69, 9.17) is 5.26 Å². The molecule has 8 nitrogen and oxygen atoms in total. The third-order valence-corrected chi connectivity index (χ3v) is 3.67. The summed E-state index contributed by atoms with van der Waals surface area (Å²) < 4.78 is 0.0594. The predicted molar refractivity (Wildman–Crippen MR) is 92.8 cm³/mol. The fraction of sp³-hybridized carbons (Fsp3) is 0.